The molecule has 1 aromatic heterocycles. The standard InChI is InChI=1S/C14H21N3O3/c1-3-8-20-12-9-10(2)15-14(16-12)17(11-4-5-11)7-6-13(18)19/h9,11H,3-8H2,1-2H3,(H,18,19). The molecular formula is C14H21N3O3. The van der Waals surface area contributed by atoms with Crippen molar-refractivity contribution >= 4 is 11.9 Å². The molecule has 0 aromatic carbocycles. The van der Waals surface area contributed by atoms with Gasteiger partial charge >= 0.3 is 5.97 Å². The molecule has 1 N–H and O–H groups in total. The van der Waals surface area contributed by atoms with E-state index in [1.807, 2.05) is 18.7 Å². The van der Waals surface area contributed by atoms with Crippen molar-refractivity contribution < 1.29 is 14.6 Å². The molecule has 0 aliphatic heterocycles. The molecule has 0 radical (unpaired) electrons. The summed E-state index contributed by atoms with van der Waals surface area (Å²) in [6.45, 7) is 5.00. The van der Waals surface area contributed by atoms with Gasteiger partial charge in [-0.2, -0.15) is 4.98 Å². The maximum atomic E-state index is 10.8. The first kappa shape index (κ1) is 14.6. The highest BCUT2D eigenvalue weighted by molar-refractivity contribution is 5.67. The molecule has 0 spiro atoms. The van der Waals surface area contributed by atoms with Crippen LogP contribution in [0.15, 0.2) is 6.07 Å². The van der Waals surface area contributed by atoms with E-state index in [0.717, 1.165) is 25.0 Å². The van der Waals surface area contributed by atoms with Crippen LogP contribution in [0, 0.1) is 6.92 Å². The molecular weight excluding hydrogens is 258 g/mol. The second kappa shape index (κ2) is 6.54. The smallest absolute Gasteiger partial charge is 0.305 e. The number of aliphatic carboxylic acids is 1. The molecule has 6 nitrogen and oxygen atoms in total. The van der Waals surface area contributed by atoms with Gasteiger partial charge in [0.2, 0.25) is 11.8 Å². The fourth-order valence-electron chi connectivity index (χ4n) is 1.98. The molecule has 1 aromatic rings. The third-order valence-electron chi connectivity index (χ3n) is 3.08. The Kier molecular flexibility index (Phi) is 4.76. The molecule has 0 bridgehead atoms. The van der Waals surface area contributed by atoms with Gasteiger partial charge in [0.15, 0.2) is 0 Å². The van der Waals surface area contributed by atoms with Crippen LogP contribution in [0.4, 0.5) is 5.95 Å². The van der Waals surface area contributed by atoms with E-state index in [1.54, 1.807) is 6.07 Å². The monoisotopic (exact) mass is 279 g/mol. The van der Waals surface area contributed by atoms with Crippen LogP contribution in [-0.4, -0.2) is 40.2 Å². The number of ether oxygens (including phenoxy) is 1. The van der Waals surface area contributed by atoms with Gasteiger partial charge < -0.3 is 14.7 Å². The maximum absolute atomic E-state index is 10.8. The van der Waals surface area contributed by atoms with Crippen molar-refractivity contribution in [2.45, 2.75) is 45.6 Å². The topological polar surface area (TPSA) is 75.5 Å². The molecule has 1 aliphatic carbocycles. The fraction of sp³-hybridized carbons (Fsp3) is 0.643. The summed E-state index contributed by atoms with van der Waals surface area (Å²) in [4.78, 5) is 21.6. The van der Waals surface area contributed by atoms with Gasteiger partial charge in [-0.1, -0.05) is 6.92 Å². The molecule has 0 unspecified atom stereocenters. The summed E-state index contributed by atoms with van der Waals surface area (Å²) in [5, 5.41) is 8.84. The van der Waals surface area contributed by atoms with E-state index in [0.29, 0.717) is 31.0 Å². The number of hydrogen-bond donors (Lipinski definition) is 1. The number of aryl methyl sites for hydroxylation is 1. The summed E-state index contributed by atoms with van der Waals surface area (Å²) in [6, 6.07) is 2.18. The summed E-state index contributed by atoms with van der Waals surface area (Å²) >= 11 is 0. The Morgan fingerprint density at radius 1 is 1.50 bits per heavy atom. The Balaban J connectivity index is 2.14. The second-order valence-corrected chi connectivity index (χ2v) is 5.06. The minimum absolute atomic E-state index is 0.0962. The zero-order chi connectivity index (χ0) is 14.5. The van der Waals surface area contributed by atoms with Gasteiger partial charge in [-0.3, -0.25) is 4.79 Å². The Labute approximate surface area is 118 Å². The van der Waals surface area contributed by atoms with Crippen molar-refractivity contribution in [3.63, 3.8) is 0 Å². The molecule has 0 atom stereocenters. The van der Waals surface area contributed by atoms with Crippen LogP contribution in [0.1, 0.15) is 38.3 Å². The average molecular weight is 279 g/mol. The van der Waals surface area contributed by atoms with E-state index < -0.39 is 5.97 Å². The lowest BCUT2D eigenvalue weighted by molar-refractivity contribution is -0.136. The van der Waals surface area contributed by atoms with Gasteiger partial charge in [0.25, 0.3) is 0 Å². The highest BCUT2D eigenvalue weighted by Gasteiger charge is 2.31. The van der Waals surface area contributed by atoms with Crippen molar-refractivity contribution in [3.8, 4) is 5.88 Å². The van der Waals surface area contributed by atoms with Gasteiger partial charge in [-0.25, -0.2) is 4.98 Å². The first-order valence-corrected chi connectivity index (χ1v) is 7.07. The number of rotatable bonds is 8. The molecule has 2 rings (SSSR count). The largest absolute Gasteiger partial charge is 0.481 e. The molecule has 0 saturated heterocycles. The molecule has 6 heteroatoms. The normalized spacial score (nSPS) is 14.1. The third-order valence-corrected chi connectivity index (χ3v) is 3.08. The third kappa shape index (κ3) is 4.08. The Morgan fingerprint density at radius 3 is 2.85 bits per heavy atom. The number of hydrogen-bond acceptors (Lipinski definition) is 5. The van der Waals surface area contributed by atoms with Crippen LogP contribution < -0.4 is 9.64 Å². The maximum Gasteiger partial charge on any atom is 0.305 e. The summed E-state index contributed by atoms with van der Waals surface area (Å²) in [5.41, 5.74) is 0.835. The van der Waals surface area contributed by atoms with E-state index >= 15 is 0 Å². The number of carboxylic acid groups (broad SMARTS) is 1. The summed E-state index contributed by atoms with van der Waals surface area (Å²) < 4.78 is 5.56. The summed E-state index contributed by atoms with van der Waals surface area (Å²) in [7, 11) is 0. The lowest BCUT2D eigenvalue weighted by atomic mass is 10.3. The van der Waals surface area contributed by atoms with Crippen molar-refractivity contribution in [2.75, 3.05) is 18.1 Å². The Bertz CT molecular complexity index is 475. The van der Waals surface area contributed by atoms with Crippen molar-refractivity contribution in [3.05, 3.63) is 11.8 Å². The highest BCUT2D eigenvalue weighted by Crippen LogP contribution is 2.30. The Morgan fingerprint density at radius 2 is 2.25 bits per heavy atom. The van der Waals surface area contributed by atoms with Gasteiger partial charge in [-0.05, 0) is 26.2 Å². The van der Waals surface area contributed by atoms with Crippen molar-refractivity contribution in [1.29, 1.82) is 0 Å². The van der Waals surface area contributed by atoms with Crippen LogP contribution in [-0.2, 0) is 4.79 Å². The van der Waals surface area contributed by atoms with Crippen molar-refractivity contribution in [1.82, 2.24) is 9.97 Å². The van der Waals surface area contributed by atoms with Crippen molar-refractivity contribution in [2.24, 2.45) is 0 Å². The van der Waals surface area contributed by atoms with Gasteiger partial charge in [0.05, 0.1) is 13.0 Å². The van der Waals surface area contributed by atoms with Crippen LogP contribution in [0.25, 0.3) is 0 Å². The van der Waals surface area contributed by atoms with E-state index in [1.165, 1.54) is 0 Å². The van der Waals surface area contributed by atoms with E-state index in [9.17, 15) is 4.79 Å². The summed E-state index contributed by atoms with van der Waals surface area (Å²) in [5.74, 6) is 0.348. The van der Waals surface area contributed by atoms with E-state index in [2.05, 4.69) is 9.97 Å². The lowest BCUT2D eigenvalue weighted by Gasteiger charge is -2.22. The SMILES string of the molecule is CCCOc1cc(C)nc(N(CCC(=O)O)C2CC2)n1. The van der Waals surface area contributed by atoms with Gasteiger partial charge in [-0.15, -0.1) is 0 Å². The lowest BCUT2D eigenvalue weighted by Crippen LogP contribution is -2.30. The second-order valence-electron chi connectivity index (χ2n) is 5.06. The Hall–Kier alpha value is -1.85. The number of anilines is 1. The molecule has 1 saturated carbocycles. The van der Waals surface area contributed by atoms with Crippen LogP contribution in [0.3, 0.4) is 0 Å². The first-order chi connectivity index (χ1) is 9.60. The predicted molar refractivity (Wildman–Crippen MR) is 75.2 cm³/mol. The minimum atomic E-state index is -0.800. The highest BCUT2D eigenvalue weighted by atomic mass is 16.5. The molecule has 1 aliphatic rings. The van der Waals surface area contributed by atoms with Crippen LogP contribution >= 0.6 is 0 Å². The molecule has 0 amide bonds. The molecule has 1 fully saturated rings. The molecule has 1 heterocycles. The number of nitrogens with zero attached hydrogens (tertiary/aromatic N) is 3. The van der Waals surface area contributed by atoms with Crippen LogP contribution in [0.2, 0.25) is 0 Å². The van der Waals surface area contributed by atoms with Crippen LogP contribution in [0.5, 0.6) is 5.88 Å². The average Bonchev–Trinajstić information content (AvgIpc) is 3.20. The number of carboxylic acids is 1. The molecule has 110 valence electrons. The zero-order valence-electron chi connectivity index (χ0n) is 12.0. The summed E-state index contributed by atoms with van der Waals surface area (Å²) in [6.07, 6.45) is 3.16. The minimum Gasteiger partial charge on any atom is -0.481 e. The number of carbonyl (C=O) groups is 1. The van der Waals surface area contributed by atoms with Gasteiger partial charge in [0.1, 0.15) is 0 Å². The zero-order valence-corrected chi connectivity index (χ0v) is 12.0. The van der Waals surface area contributed by atoms with Gasteiger partial charge in [0, 0.05) is 24.3 Å². The predicted octanol–water partition coefficient (Wildman–Crippen LogP) is 2.02. The molecule has 20 heavy (non-hydrogen) atoms. The van der Waals surface area contributed by atoms with E-state index in [-0.39, 0.29) is 6.42 Å². The quantitative estimate of drug-likeness (QED) is 0.784. The number of aromatic nitrogens is 2. The fourth-order valence-corrected chi connectivity index (χ4v) is 1.98. The van der Waals surface area contributed by atoms with E-state index in [4.69, 9.17) is 9.84 Å². The first-order valence-electron chi connectivity index (χ1n) is 7.07.